The number of carbonyl (C=O) groups is 1. The molecule has 0 saturated heterocycles. The van der Waals surface area contributed by atoms with E-state index in [0.29, 0.717) is 5.92 Å². The summed E-state index contributed by atoms with van der Waals surface area (Å²) in [7, 11) is 0. The van der Waals surface area contributed by atoms with E-state index < -0.39 is 0 Å². The summed E-state index contributed by atoms with van der Waals surface area (Å²) < 4.78 is 0. The smallest absolute Gasteiger partial charge is 0.165 e. The number of rotatable bonds is 1. The first-order chi connectivity index (χ1) is 5.11. The summed E-state index contributed by atoms with van der Waals surface area (Å²) in [6, 6.07) is 0. The van der Waals surface area contributed by atoms with Gasteiger partial charge in [-0.15, -0.1) is 6.58 Å². The molecule has 2 atom stereocenters. The minimum Gasteiger partial charge on any atom is -0.294 e. The van der Waals surface area contributed by atoms with E-state index in [-0.39, 0.29) is 11.2 Å². The minimum atomic E-state index is -0.325. The Kier molecular flexibility index (Phi) is 1.99. The second kappa shape index (κ2) is 2.65. The van der Waals surface area contributed by atoms with E-state index in [2.05, 4.69) is 13.5 Å². The van der Waals surface area contributed by atoms with Crippen molar-refractivity contribution in [1.29, 1.82) is 0 Å². The van der Waals surface area contributed by atoms with E-state index in [0.717, 1.165) is 6.42 Å². The first-order valence-electron chi connectivity index (χ1n) is 3.96. The predicted octanol–water partition coefficient (Wildman–Crippen LogP) is 2.34. The SMILES string of the molecule is C=CC1(C)C(=O)C=CCC1C. The van der Waals surface area contributed by atoms with Gasteiger partial charge in [-0.1, -0.05) is 19.1 Å². The van der Waals surface area contributed by atoms with Gasteiger partial charge in [-0.3, -0.25) is 4.79 Å². The maximum atomic E-state index is 11.4. The average Bonchev–Trinajstić information content (AvgIpc) is 2.00. The maximum absolute atomic E-state index is 11.4. The topological polar surface area (TPSA) is 17.1 Å². The van der Waals surface area contributed by atoms with Crippen LogP contribution in [0.4, 0.5) is 0 Å². The first kappa shape index (κ1) is 8.25. The van der Waals surface area contributed by atoms with Gasteiger partial charge in [0.1, 0.15) is 0 Å². The molecule has 1 aliphatic rings. The Morgan fingerprint density at radius 3 is 2.82 bits per heavy atom. The molecule has 0 bridgehead atoms. The summed E-state index contributed by atoms with van der Waals surface area (Å²) in [5.41, 5.74) is -0.325. The van der Waals surface area contributed by atoms with Crippen LogP contribution in [0.1, 0.15) is 20.3 Å². The number of carbonyl (C=O) groups excluding carboxylic acids is 1. The molecule has 0 fully saturated rings. The van der Waals surface area contributed by atoms with Crippen LogP contribution in [0, 0.1) is 11.3 Å². The van der Waals surface area contributed by atoms with Gasteiger partial charge in [0.2, 0.25) is 0 Å². The fourth-order valence-corrected chi connectivity index (χ4v) is 1.35. The highest BCUT2D eigenvalue weighted by Crippen LogP contribution is 2.35. The lowest BCUT2D eigenvalue weighted by Crippen LogP contribution is -2.33. The lowest BCUT2D eigenvalue weighted by molar-refractivity contribution is -0.123. The van der Waals surface area contributed by atoms with Gasteiger partial charge in [0, 0.05) is 0 Å². The molecule has 0 N–H and O–H groups in total. The zero-order valence-corrected chi connectivity index (χ0v) is 7.13. The number of hydrogen-bond donors (Lipinski definition) is 0. The monoisotopic (exact) mass is 150 g/mol. The third kappa shape index (κ3) is 1.15. The standard InChI is InChI=1S/C10H14O/c1-4-10(3)8(2)6-5-7-9(10)11/h4-5,7-8H,1,6H2,2-3H3. The number of ketones is 1. The van der Waals surface area contributed by atoms with Gasteiger partial charge in [0.25, 0.3) is 0 Å². The summed E-state index contributed by atoms with van der Waals surface area (Å²) >= 11 is 0. The highest BCUT2D eigenvalue weighted by molar-refractivity contribution is 5.96. The molecule has 0 aliphatic heterocycles. The van der Waals surface area contributed by atoms with E-state index in [1.165, 1.54) is 0 Å². The predicted molar refractivity (Wildman–Crippen MR) is 46.2 cm³/mol. The van der Waals surface area contributed by atoms with Crippen LogP contribution in [0.2, 0.25) is 0 Å². The highest BCUT2D eigenvalue weighted by Gasteiger charge is 2.35. The molecule has 1 rings (SSSR count). The van der Waals surface area contributed by atoms with E-state index in [4.69, 9.17) is 0 Å². The van der Waals surface area contributed by atoms with Crippen molar-refractivity contribution in [3.05, 3.63) is 24.8 Å². The third-order valence-corrected chi connectivity index (χ3v) is 2.74. The quantitative estimate of drug-likeness (QED) is 0.524. The van der Waals surface area contributed by atoms with E-state index >= 15 is 0 Å². The van der Waals surface area contributed by atoms with E-state index in [1.54, 1.807) is 12.2 Å². The van der Waals surface area contributed by atoms with Crippen molar-refractivity contribution >= 4 is 5.78 Å². The van der Waals surface area contributed by atoms with Crippen molar-refractivity contribution < 1.29 is 4.79 Å². The molecule has 1 heteroatoms. The van der Waals surface area contributed by atoms with Crippen molar-refractivity contribution in [2.45, 2.75) is 20.3 Å². The highest BCUT2D eigenvalue weighted by atomic mass is 16.1. The van der Waals surface area contributed by atoms with Crippen molar-refractivity contribution in [3.63, 3.8) is 0 Å². The number of allylic oxidation sites excluding steroid dienone is 3. The molecule has 0 radical (unpaired) electrons. The van der Waals surface area contributed by atoms with Crippen LogP contribution >= 0.6 is 0 Å². The largest absolute Gasteiger partial charge is 0.294 e. The zero-order valence-electron chi connectivity index (χ0n) is 7.13. The summed E-state index contributed by atoms with van der Waals surface area (Å²) in [5, 5.41) is 0. The normalized spacial score (nSPS) is 37.3. The van der Waals surface area contributed by atoms with Crippen molar-refractivity contribution in [2.24, 2.45) is 11.3 Å². The summed E-state index contributed by atoms with van der Waals surface area (Å²) in [6.07, 6.45) is 6.36. The first-order valence-corrected chi connectivity index (χ1v) is 3.96. The molecule has 0 heterocycles. The summed E-state index contributed by atoms with van der Waals surface area (Å²) in [4.78, 5) is 11.4. The molecule has 0 amide bonds. The van der Waals surface area contributed by atoms with Crippen LogP contribution in [-0.4, -0.2) is 5.78 Å². The minimum absolute atomic E-state index is 0.186. The fourth-order valence-electron chi connectivity index (χ4n) is 1.35. The van der Waals surface area contributed by atoms with Crippen LogP contribution < -0.4 is 0 Å². The van der Waals surface area contributed by atoms with Gasteiger partial charge < -0.3 is 0 Å². The molecule has 0 aromatic carbocycles. The molecular formula is C10H14O. The Labute approximate surface area is 67.8 Å². The van der Waals surface area contributed by atoms with Crippen LogP contribution in [0.15, 0.2) is 24.8 Å². The van der Waals surface area contributed by atoms with Crippen LogP contribution in [0.25, 0.3) is 0 Å². The zero-order chi connectivity index (χ0) is 8.48. The van der Waals surface area contributed by atoms with E-state index in [9.17, 15) is 4.79 Å². The molecule has 1 aliphatic carbocycles. The lowest BCUT2D eigenvalue weighted by Gasteiger charge is -2.32. The van der Waals surface area contributed by atoms with Gasteiger partial charge >= 0.3 is 0 Å². The molecular weight excluding hydrogens is 136 g/mol. The van der Waals surface area contributed by atoms with Crippen LogP contribution in [0.5, 0.6) is 0 Å². The molecule has 0 aromatic heterocycles. The molecule has 60 valence electrons. The Balaban J connectivity index is 3.00. The van der Waals surface area contributed by atoms with Crippen molar-refractivity contribution in [1.82, 2.24) is 0 Å². The molecule has 2 unspecified atom stereocenters. The average molecular weight is 150 g/mol. The van der Waals surface area contributed by atoms with Gasteiger partial charge in [0.05, 0.1) is 5.41 Å². The van der Waals surface area contributed by atoms with E-state index in [1.807, 2.05) is 13.0 Å². The van der Waals surface area contributed by atoms with Crippen molar-refractivity contribution in [2.75, 3.05) is 0 Å². The van der Waals surface area contributed by atoms with Crippen LogP contribution in [-0.2, 0) is 4.79 Å². The summed E-state index contributed by atoms with van der Waals surface area (Å²) in [6.45, 7) is 7.74. The Hall–Kier alpha value is -0.850. The second-order valence-corrected chi connectivity index (χ2v) is 3.39. The Morgan fingerprint density at radius 2 is 2.45 bits per heavy atom. The lowest BCUT2D eigenvalue weighted by atomic mass is 9.70. The van der Waals surface area contributed by atoms with Gasteiger partial charge in [0.15, 0.2) is 5.78 Å². The molecule has 0 aromatic rings. The van der Waals surface area contributed by atoms with Crippen molar-refractivity contribution in [3.8, 4) is 0 Å². The number of hydrogen-bond acceptors (Lipinski definition) is 1. The van der Waals surface area contributed by atoms with Crippen LogP contribution in [0.3, 0.4) is 0 Å². The maximum Gasteiger partial charge on any atom is 0.165 e. The van der Waals surface area contributed by atoms with Gasteiger partial charge in [-0.25, -0.2) is 0 Å². The molecule has 0 spiro atoms. The second-order valence-electron chi connectivity index (χ2n) is 3.39. The van der Waals surface area contributed by atoms with Gasteiger partial charge in [-0.2, -0.15) is 0 Å². The molecule has 0 saturated carbocycles. The summed E-state index contributed by atoms with van der Waals surface area (Å²) in [5.74, 6) is 0.573. The molecule has 1 nitrogen and oxygen atoms in total. The fraction of sp³-hybridized carbons (Fsp3) is 0.500. The Morgan fingerprint density at radius 1 is 1.82 bits per heavy atom. The molecule has 11 heavy (non-hydrogen) atoms. The Bertz CT molecular complexity index is 215. The third-order valence-electron chi connectivity index (χ3n) is 2.74. The van der Waals surface area contributed by atoms with Gasteiger partial charge in [-0.05, 0) is 25.3 Å².